The fourth-order valence-electron chi connectivity index (χ4n) is 2.41. The summed E-state index contributed by atoms with van der Waals surface area (Å²) < 4.78 is 0. The maximum absolute atomic E-state index is 10.8. The van der Waals surface area contributed by atoms with E-state index in [0.29, 0.717) is 13.1 Å². The molecule has 0 spiro atoms. The Morgan fingerprint density at radius 2 is 1.70 bits per heavy atom. The minimum absolute atomic E-state index is 0. The first kappa shape index (κ1) is 19.1. The first-order valence-electron chi connectivity index (χ1n) is 7.38. The van der Waals surface area contributed by atoms with E-state index in [0.717, 1.165) is 25.1 Å². The van der Waals surface area contributed by atoms with Crippen LogP contribution in [0.1, 0.15) is 11.1 Å². The second-order valence-electron chi connectivity index (χ2n) is 5.23. The molecule has 124 valence electrons. The lowest BCUT2D eigenvalue weighted by Gasteiger charge is -2.21. The number of nitro benzene ring substituents is 1. The third-order valence-electron chi connectivity index (χ3n) is 3.53. The van der Waals surface area contributed by atoms with E-state index >= 15 is 0 Å². The van der Waals surface area contributed by atoms with Crippen LogP contribution in [-0.2, 0) is 13.0 Å². The zero-order chi connectivity index (χ0) is 15.8. The molecule has 0 aromatic heterocycles. The fourth-order valence-corrected chi connectivity index (χ4v) is 2.41. The molecule has 0 atom stereocenters. The van der Waals surface area contributed by atoms with Gasteiger partial charge in [0.05, 0.1) is 4.92 Å². The van der Waals surface area contributed by atoms with Crippen LogP contribution in [-0.4, -0.2) is 29.5 Å². The maximum atomic E-state index is 10.8. The van der Waals surface area contributed by atoms with Gasteiger partial charge >= 0.3 is 0 Å². The van der Waals surface area contributed by atoms with Crippen LogP contribution in [0.5, 0.6) is 0 Å². The van der Waals surface area contributed by atoms with Crippen LogP contribution in [0.25, 0.3) is 0 Å². The highest BCUT2D eigenvalue weighted by molar-refractivity contribution is 5.85. The van der Waals surface area contributed by atoms with Crippen molar-refractivity contribution >= 4 is 18.1 Å². The van der Waals surface area contributed by atoms with Crippen LogP contribution in [0.3, 0.4) is 0 Å². The van der Waals surface area contributed by atoms with Gasteiger partial charge in [0.1, 0.15) is 0 Å². The molecule has 0 unspecified atom stereocenters. The summed E-state index contributed by atoms with van der Waals surface area (Å²) in [6, 6.07) is 17.1. The highest BCUT2D eigenvalue weighted by atomic mass is 35.5. The lowest BCUT2D eigenvalue weighted by Crippen LogP contribution is -2.31. The Labute approximate surface area is 142 Å². The molecule has 0 radical (unpaired) electrons. The standard InChI is InChI=1S/C17H21N3O2.ClH/c18-10-12-19(11-9-15-5-2-1-3-6-15)14-16-7-4-8-17(13-16)20(21)22;/h1-8,13H,9-12,14,18H2;1H. The Morgan fingerprint density at radius 1 is 1.00 bits per heavy atom. The molecule has 0 amide bonds. The number of non-ortho nitro benzene ring substituents is 1. The Kier molecular flexibility index (Phi) is 8.26. The smallest absolute Gasteiger partial charge is 0.269 e. The molecule has 0 heterocycles. The summed E-state index contributed by atoms with van der Waals surface area (Å²) in [4.78, 5) is 12.7. The molecule has 23 heavy (non-hydrogen) atoms. The molecule has 0 aliphatic rings. The van der Waals surface area contributed by atoms with Crippen molar-refractivity contribution < 1.29 is 4.92 Å². The van der Waals surface area contributed by atoms with Crippen LogP contribution in [0, 0.1) is 10.1 Å². The topological polar surface area (TPSA) is 72.4 Å². The van der Waals surface area contributed by atoms with E-state index in [1.165, 1.54) is 11.6 Å². The zero-order valence-electron chi connectivity index (χ0n) is 12.9. The van der Waals surface area contributed by atoms with Gasteiger partial charge in [-0.3, -0.25) is 15.0 Å². The number of hydrogen-bond donors (Lipinski definition) is 1. The van der Waals surface area contributed by atoms with E-state index in [1.54, 1.807) is 12.1 Å². The second-order valence-corrected chi connectivity index (χ2v) is 5.23. The van der Waals surface area contributed by atoms with Crippen molar-refractivity contribution in [1.29, 1.82) is 0 Å². The SMILES string of the molecule is Cl.NCCN(CCc1ccccc1)Cc1cccc([N+](=O)[O-])c1. The lowest BCUT2D eigenvalue weighted by atomic mass is 10.1. The average molecular weight is 336 g/mol. The number of benzene rings is 2. The summed E-state index contributed by atoms with van der Waals surface area (Å²) in [7, 11) is 0. The van der Waals surface area contributed by atoms with Crippen molar-refractivity contribution in [1.82, 2.24) is 4.90 Å². The average Bonchev–Trinajstić information content (AvgIpc) is 2.54. The summed E-state index contributed by atoms with van der Waals surface area (Å²) in [5, 5.41) is 10.8. The van der Waals surface area contributed by atoms with Crippen LogP contribution in [0.4, 0.5) is 5.69 Å². The second kappa shape index (κ2) is 9.94. The predicted octanol–water partition coefficient (Wildman–Crippen LogP) is 3.02. The molecule has 0 saturated heterocycles. The zero-order valence-corrected chi connectivity index (χ0v) is 13.7. The molecular formula is C17H22ClN3O2. The maximum Gasteiger partial charge on any atom is 0.269 e. The molecule has 0 bridgehead atoms. The van der Waals surface area contributed by atoms with Gasteiger partial charge in [-0.05, 0) is 17.5 Å². The van der Waals surface area contributed by atoms with E-state index in [2.05, 4.69) is 17.0 Å². The van der Waals surface area contributed by atoms with E-state index in [1.807, 2.05) is 24.3 Å². The fraction of sp³-hybridized carbons (Fsp3) is 0.294. The summed E-state index contributed by atoms with van der Waals surface area (Å²) in [6.45, 7) is 2.90. The number of nitro groups is 1. The Hall–Kier alpha value is -1.95. The number of hydrogen-bond acceptors (Lipinski definition) is 4. The van der Waals surface area contributed by atoms with Gasteiger partial charge in [0.25, 0.3) is 5.69 Å². The van der Waals surface area contributed by atoms with Gasteiger partial charge in [-0.15, -0.1) is 12.4 Å². The molecule has 0 fully saturated rings. The first-order chi connectivity index (χ1) is 10.7. The third kappa shape index (κ3) is 6.36. The molecule has 5 nitrogen and oxygen atoms in total. The molecule has 0 aliphatic heterocycles. The molecule has 2 aromatic carbocycles. The van der Waals surface area contributed by atoms with Crippen molar-refractivity contribution in [3.05, 3.63) is 75.8 Å². The molecule has 0 saturated carbocycles. The minimum atomic E-state index is -0.360. The largest absolute Gasteiger partial charge is 0.329 e. The molecule has 2 rings (SSSR count). The normalized spacial score (nSPS) is 10.3. The summed E-state index contributed by atoms with van der Waals surface area (Å²) in [5.74, 6) is 0. The Morgan fingerprint density at radius 3 is 2.35 bits per heavy atom. The van der Waals surface area contributed by atoms with Crippen LogP contribution >= 0.6 is 12.4 Å². The molecule has 2 N–H and O–H groups in total. The Balaban J connectivity index is 0.00000264. The number of nitrogens with zero attached hydrogens (tertiary/aromatic N) is 2. The van der Waals surface area contributed by atoms with Crippen molar-refractivity contribution in [2.24, 2.45) is 5.73 Å². The summed E-state index contributed by atoms with van der Waals surface area (Å²) in [5.41, 5.74) is 8.03. The lowest BCUT2D eigenvalue weighted by molar-refractivity contribution is -0.384. The van der Waals surface area contributed by atoms with Gasteiger partial charge in [0.2, 0.25) is 0 Å². The van der Waals surface area contributed by atoms with Gasteiger partial charge in [-0.25, -0.2) is 0 Å². The number of halogens is 1. The van der Waals surface area contributed by atoms with Crippen molar-refractivity contribution in [2.75, 3.05) is 19.6 Å². The summed E-state index contributed by atoms with van der Waals surface area (Å²) in [6.07, 6.45) is 0.940. The van der Waals surface area contributed by atoms with Crippen molar-refractivity contribution in [3.63, 3.8) is 0 Å². The highest BCUT2D eigenvalue weighted by Gasteiger charge is 2.09. The van der Waals surface area contributed by atoms with E-state index in [9.17, 15) is 10.1 Å². The van der Waals surface area contributed by atoms with Gasteiger partial charge in [0, 0.05) is 38.3 Å². The number of nitrogens with two attached hydrogens (primary N) is 1. The predicted molar refractivity (Wildman–Crippen MR) is 94.8 cm³/mol. The Bertz CT molecular complexity index is 608. The molecule has 2 aromatic rings. The van der Waals surface area contributed by atoms with Crippen molar-refractivity contribution in [3.8, 4) is 0 Å². The molecule has 6 heteroatoms. The first-order valence-corrected chi connectivity index (χ1v) is 7.38. The summed E-state index contributed by atoms with van der Waals surface area (Å²) >= 11 is 0. The minimum Gasteiger partial charge on any atom is -0.329 e. The van der Waals surface area contributed by atoms with E-state index in [-0.39, 0.29) is 23.0 Å². The highest BCUT2D eigenvalue weighted by Crippen LogP contribution is 2.15. The van der Waals surface area contributed by atoms with Crippen LogP contribution in [0.15, 0.2) is 54.6 Å². The van der Waals surface area contributed by atoms with Crippen LogP contribution < -0.4 is 5.73 Å². The van der Waals surface area contributed by atoms with Gasteiger partial charge in [-0.1, -0.05) is 42.5 Å². The van der Waals surface area contributed by atoms with Gasteiger partial charge in [-0.2, -0.15) is 0 Å². The van der Waals surface area contributed by atoms with Gasteiger partial charge in [0.15, 0.2) is 0 Å². The van der Waals surface area contributed by atoms with Crippen molar-refractivity contribution in [2.45, 2.75) is 13.0 Å². The van der Waals surface area contributed by atoms with Crippen LogP contribution in [0.2, 0.25) is 0 Å². The molecular weight excluding hydrogens is 314 g/mol. The monoisotopic (exact) mass is 335 g/mol. The van der Waals surface area contributed by atoms with Gasteiger partial charge < -0.3 is 5.73 Å². The van der Waals surface area contributed by atoms with E-state index in [4.69, 9.17) is 5.73 Å². The third-order valence-corrected chi connectivity index (χ3v) is 3.53. The van der Waals surface area contributed by atoms with E-state index < -0.39 is 0 Å². The molecule has 0 aliphatic carbocycles. The number of rotatable bonds is 8. The quantitative estimate of drug-likeness (QED) is 0.594.